The zero-order valence-corrected chi connectivity index (χ0v) is 11.7. The molecule has 0 atom stereocenters. The highest BCUT2D eigenvalue weighted by atomic mass is 35.7. The summed E-state index contributed by atoms with van der Waals surface area (Å²) in [5.74, 6) is -2.37. The average Bonchev–Trinajstić information content (AvgIpc) is 2.22. The van der Waals surface area contributed by atoms with E-state index in [0.29, 0.717) is 0 Å². The Bertz CT molecular complexity index is 643. The molecule has 0 aliphatic rings. The fourth-order valence-electron chi connectivity index (χ4n) is 1.30. The molecule has 0 aromatic carbocycles. The number of aromatic nitrogens is 1. The van der Waals surface area contributed by atoms with E-state index in [2.05, 4.69) is 9.72 Å². The standard InChI is InChI=1S/C8H3Cl2F6NO3S/c9-2-3-1-4(20-8(14,15)16)17-6(21(10,18)19)5(3)7(11,12)13/h1H,2H2. The van der Waals surface area contributed by atoms with Crippen molar-refractivity contribution < 1.29 is 39.5 Å². The third-order valence-electron chi connectivity index (χ3n) is 1.92. The minimum atomic E-state index is -5.29. The maximum atomic E-state index is 12.8. The van der Waals surface area contributed by atoms with Crippen molar-refractivity contribution >= 4 is 31.3 Å². The number of ether oxygens (including phenoxy) is 1. The van der Waals surface area contributed by atoms with Gasteiger partial charge in [0, 0.05) is 22.6 Å². The average molecular weight is 378 g/mol. The van der Waals surface area contributed by atoms with Gasteiger partial charge < -0.3 is 4.74 Å². The van der Waals surface area contributed by atoms with Gasteiger partial charge in [-0.05, 0) is 5.56 Å². The molecule has 13 heteroatoms. The van der Waals surface area contributed by atoms with Crippen LogP contribution in [0.3, 0.4) is 0 Å². The summed E-state index contributed by atoms with van der Waals surface area (Å²) in [5.41, 5.74) is -2.82. The molecular weight excluding hydrogens is 375 g/mol. The van der Waals surface area contributed by atoms with Crippen LogP contribution in [-0.4, -0.2) is 19.8 Å². The smallest absolute Gasteiger partial charge is 0.388 e. The fourth-order valence-corrected chi connectivity index (χ4v) is 2.54. The van der Waals surface area contributed by atoms with Gasteiger partial charge in [0.05, 0.1) is 5.56 Å². The van der Waals surface area contributed by atoms with Gasteiger partial charge in [-0.1, -0.05) is 0 Å². The first-order valence-corrected chi connectivity index (χ1v) is 7.47. The van der Waals surface area contributed by atoms with Crippen LogP contribution in [0.25, 0.3) is 0 Å². The Morgan fingerprint density at radius 3 is 2.05 bits per heavy atom. The second-order valence-corrected chi connectivity index (χ2v) is 6.17. The Morgan fingerprint density at radius 2 is 1.71 bits per heavy atom. The van der Waals surface area contributed by atoms with E-state index in [1.165, 1.54) is 0 Å². The van der Waals surface area contributed by atoms with Gasteiger partial charge in [-0.2, -0.15) is 18.2 Å². The number of alkyl halides is 7. The lowest BCUT2D eigenvalue weighted by atomic mass is 10.1. The Labute approximate surface area is 123 Å². The SMILES string of the molecule is O=S(=O)(Cl)c1nc(OC(F)(F)F)cc(CCl)c1C(F)(F)F. The van der Waals surface area contributed by atoms with Crippen LogP contribution >= 0.6 is 22.3 Å². The van der Waals surface area contributed by atoms with Crippen molar-refractivity contribution in [2.24, 2.45) is 0 Å². The molecule has 0 unspecified atom stereocenters. The summed E-state index contributed by atoms with van der Waals surface area (Å²) >= 11 is 5.20. The molecule has 0 bridgehead atoms. The van der Waals surface area contributed by atoms with Gasteiger partial charge in [-0.15, -0.1) is 24.8 Å². The number of hydrogen-bond donors (Lipinski definition) is 0. The number of pyridine rings is 1. The summed E-state index contributed by atoms with van der Waals surface area (Å²) in [5, 5.41) is -1.81. The highest BCUT2D eigenvalue weighted by Crippen LogP contribution is 2.39. The van der Waals surface area contributed by atoms with Crippen molar-refractivity contribution in [1.29, 1.82) is 0 Å². The van der Waals surface area contributed by atoms with Crippen LogP contribution in [0, 0.1) is 0 Å². The molecule has 1 aromatic heterocycles. The fraction of sp³-hybridized carbons (Fsp3) is 0.375. The predicted molar refractivity (Wildman–Crippen MR) is 58.5 cm³/mol. The molecule has 0 fully saturated rings. The summed E-state index contributed by atoms with van der Waals surface area (Å²) in [7, 11) is -0.320. The molecule has 0 saturated carbocycles. The number of halogens is 8. The largest absolute Gasteiger partial charge is 0.574 e. The molecular formula is C8H3Cl2F6NO3S. The van der Waals surface area contributed by atoms with E-state index in [4.69, 9.17) is 22.3 Å². The number of nitrogens with zero attached hydrogens (tertiary/aromatic N) is 1. The van der Waals surface area contributed by atoms with E-state index >= 15 is 0 Å². The second-order valence-electron chi connectivity index (χ2n) is 3.42. The highest BCUT2D eigenvalue weighted by molar-refractivity contribution is 8.13. The van der Waals surface area contributed by atoms with E-state index in [0.717, 1.165) is 0 Å². The monoisotopic (exact) mass is 377 g/mol. The Hall–Kier alpha value is -0.940. The third-order valence-corrected chi connectivity index (χ3v) is 3.41. The van der Waals surface area contributed by atoms with E-state index in [9.17, 15) is 34.8 Å². The van der Waals surface area contributed by atoms with Crippen molar-refractivity contribution in [3.63, 3.8) is 0 Å². The number of rotatable bonds is 3. The first kappa shape index (κ1) is 18.1. The van der Waals surface area contributed by atoms with Crippen LogP contribution in [0.5, 0.6) is 5.88 Å². The van der Waals surface area contributed by atoms with E-state index in [-0.39, 0.29) is 6.07 Å². The van der Waals surface area contributed by atoms with Crippen LogP contribution < -0.4 is 4.74 Å². The maximum Gasteiger partial charge on any atom is 0.574 e. The quantitative estimate of drug-likeness (QED) is 0.458. The van der Waals surface area contributed by atoms with E-state index < -0.39 is 49.5 Å². The molecule has 0 aliphatic carbocycles. The predicted octanol–water partition coefficient (Wildman–Crippen LogP) is 3.67. The summed E-state index contributed by atoms with van der Waals surface area (Å²) in [6, 6.07) is 0.231. The maximum absolute atomic E-state index is 12.8. The van der Waals surface area contributed by atoms with E-state index in [1.54, 1.807) is 0 Å². The van der Waals surface area contributed by atoms with Gasteiger partial charge in [0.25, 0.3) is 9.05 Å². The van der Waals surface area contributed by atoms with Gasteiger partial charge in [-0.3, -0.25) is 0 Å². The molecule has 0 spiro atoms. The normalized spacial score (nSPS) is 13.3. The number of hydrogen-bond acceptors (Lipinski definition) is 4. The summed E-state index contributed by atoms with van der Waals surface area (Å²) in [6.07, 6.45) is -10.5. The zero-order chi connectivity index (χ0) is 16.6. The molecule has 4 nitrogen and oxygen atoms in total. The summed E-state index contributed by atoms with van der Waals surface area (Å²) in [4.78, 5) is 2.66. The first-order valence-electron chi connectivity index (χ1n) is 4.63. The molecule has 0 N–H and O–H groups in total. The zero-order valence-electron chi connectivity index (χ0n) is 9.39. The molecule has 21 heavy (non-hydrogen) atoms. The van der Waals surface area contributed by atoms with Crippen LogP contribution in [-0.2, 0) is 21.1 Å². The highest BCUT2D eigenvalue weighted by Gasteiger charge is 2.42. The van der Waals surface area contributed by atoms with Crippen molar-refractivity contribution in [1.82, 2.24) is 4.98 Å². The van der Waals surface area contributed by atoms with Gasteiger partial charge in [0.2, 0.25) is 5.88 Å². The summed E-state index contributed by atoms with van der Waals surface area (Å²) < 4.78 is 100. The minimum Gasteiger partial charge on any atom is -0.388 e. The first-order chi connectivity index (χ1) is 9.25. The minimum absolute atomic E-state index is 0.231. The lowest BCUT2D eigenvalue weighted by Gasteiger charge is -2.16. The molecule has 1 aromatic rings. The molecule has 1 rings (SSSR count). The Kier molecular flexibility index (Phi) is 4.91. The Morgan fingerprint density at radius 1 is 1.19 bits per heavy atom. The lowest BCUT2D eigenvalue weighted by Crippen LogP contribution is -2.21. The molecule has 120 valence electrons. The third kappa shape index (κ3) is 4.78. The lowest BCUT2D eigenvalue weighted by molar-refractivity contribution is -0.276. The van der Waals surface area contributed by atoms with Crippen molar-refractivity contribution in [2.45, 2.75) is 23.4 Å². The van der Waals surface area contributed by atoms with E-state index in [1.807, 2.05) is 0 Å². The van der Waals surface area contributed by atoms with Crippen LogP contribution in [0.15, 0.2) is 11.1 Å². The van der Waals surface area contributed by atoms with Crippen molar-refractivity contribution in [3.8, 4) is 5.88 Å². The topological polar surface area (TPSA) is 56.3 Å². The summed E-state index contributed by atoms with van der Waals surface area (Å²) in [6.45, 7) is 0. The molecule has 0 aliphatic heterocycles. The second kappa shape index (κ2) is 5.69. The van der Waals surface area contributed by atoms with Gasteiger partial charge in [-0.25, -0.2) is 8.42 Å². The molecule has 0 radical (unpaired) electrons. The van der Waals surface area contributed by atoms with Gasteiger partial charge in [0.15, 0.2) is 5.03 Å². The van der Waals surface area contributed by atoms with Gasteiger partial charge in [0.1, 0.15) is 0 Å². The molecule has 0 amide bonds. The van der Waals surface area contributed by atoms with Crippen molar-refractivity contribution in [3.05, 3.63) is 17.2 Å². The van der Waals surface area contributed by atoms with Crippen LogP contribution in [0.1, 0.15) is 11.1 Å². The van der Waals surface area contributed by atoms with Crippen molar-refractivity contribution in [2.75, 3.05) is 0 Å². The van der Waals surface area contributed by atoms with Gasteiger partial charge >= 0.3 is 12.5 Å². The molecule has 1 heterocycles. The van der Waals surface area contributed by atoms with Crippen LogP contribution in [0.4, 0.5) is 26.3 Å². The molecule has 0 saturated heterocycles. The van der Waals surface area contributed by atoms with Crippen LogP contribution in [0.2, 0.25) is 0 Å². The Balaban J connectivity index is 3.67.